The second-order valence-corrected chi connectivity index (χ2v) is 6.49. The lowest BCUT2D eigenvalue weighted by molar-refractivity contribution is 0.243. The van der Waals surface area contributed by atoms with Crippen LogP contribution in [-0.4, -0.2) is 33.8 Å². The Morgan fingerprint density at radius 3 is 2.54 bits per heavy atom. The molecule has 0 bridgehead atoms. The Labute approximate surface area is 170 Å². The van der Waals surface area contributed by atoms with Gasteiger partial charge in [-0.2, -0.15) is 5.10 Å². The SMILES string of the molecule is CCNC(=NCc1ncnn1C)NCC1(c2ccc(F)cc2)CCC1.I. The topological polar surface area (TPSA) is 67.1 Å². The number of aryl methyl sites for hydroxylation is 1. The highest BCUT2D eigenvalue weighted by Gasteiger charge is 2.38. The monoisotopic (exact) mass is 472 g/mol. The van der Waals surface area contributed by atoms with E-state index in [4.69, 9.17) is 0 Å². The van der Waals surface area contributed by atoms with Crippen molar-refractivity contribution in [1.29, 1.82) is 0 Å². The zero-order chi connectivity index (χ0) is 17.7. The van der Waals surface area contributed by atoms with Gasteiger partial charge in [0.15, 0.2) is 5.96 Å². The standard InChI is InChI=1S/C18H25FN6.HI/c1-3-20-17(21-11-16-23-13-24-25(16)2)22-12-18(9-4-10-18)14-5-7-15(19)8-6-14;/h5-8,13H,3-4,9-12H2,1-2H3,(H2,20,21,22);1H. The highest BCUT2D eigenvalue weighted by Crippen LogP contribution is 2.43. The molecule has 0 saturated heterocycles. The maximum atomic E-state index is 13.2. The summed E-state index contributed by atoms with van der Waals surface area (Å²) in [6.45, 7) is 4.07. The Balaban J connectivity index is 0.00000243. The molecule has 0 aliphatic heterocycles. The van der Waals surface area contributed by atoms with Gasteiger partial charge in [0.05, 0.1) is 0 Å². The summed E-state index contributed by atoms with van der Waals surface area (Å²) in [5.41, 5.74) is 1.26. The number of guanidine groups is 1. The van der Waals surface area contributed by atoms with Crippen molar-refractivity contribution in [2.45, 2.75) is 38.1 Å². The van der Waals surface area contributed by atoms with Crippen LogP contribution in [0.1, 0.15) is 37.6 Å². The molecule has 2 aromatic rings. The Kier molecular flexibility index (Phi) is 7.36. The fourth-order valence-electron chi connectivity index (χ4n) is 3.18. The van der Waals surface area contributed by atoms with Gasteiger partial charge in [0, 0.05) is 25.6 Å². The Hall–Kier alpha value is -1.71. The molecule has 0 amide bonds. The van der Waals surface area contributed by atoms with Gasteiger partial charge in [0.25, 0.3) is 0 Å². The van der Waals surface area contributed by atoms with Crippen LogP contribution in [0, 0.1) is 5.82 Å². The molecule has 1 saturated carbocycles. The third-order valence-electron chi connectivity index (χ3n) is 4.89. The zero-order valence-corrected chi connectivity index (χ0v) is 17.5. The number of hydrogen-bond acceptors (Lipinski definition) is 3. The molecule has 0 atom stereocenters. The van der Waals surface area contributed by atoms with Crippen molar-refractivity contribution in [3.8, 4) is 0 Å². The summed E-state index contributed by atoms with van der Waals surface area (Å²) >= 11 is 0. The number of halogens is 2. The predicted octanol–water partition coefficient (Wildman–Crippen LogP) is 2.75. The van der Waals surface area contributed by atoms with Crippen molar-refractivity contribution < 1.29 is 4.39 Å². The van der Waals surface area contributed by atoms with Crippen LogP contribution < -0.4 is 10.6 Å². The molecular formula is C18H26FIN6. The number of aromatic nitrogens is 3. The number of aliphatic imine (C=N–C) groups is 1. The maximum absolute atomic E-state index is 13.2. The van der Waals surface area contributed by atoms with Gasteiger partial charge in [-0.1, -0.05) is 18.6 Å². The second-order valence-electron chi connectivity index (χ2n) is 6.49. The van der Waals surface area contributed by atoms with Gasteiger partial charge in [0.2, 0.25) is 0 Å². The van der Waals surface area contributed by atoms with E-state index in [1.165, 1.54) is 18.3 Å². The molecule has 1 aromatic carbocycles. The van der Waals surface area contributed by atoms with Gasteiger partial charge in [-0.3, -0.25) is 4.68 Å². The molecule has 1 fully saturated rings. The van der Waals surface area contributed by atoms with Crippen LogP contribution in [0.25, 0.3) is 0 Å². The summed E-state index contributed by atoms with van der Waals surface area (Å²) in [5, 5.41) is 10.8. The van der Waals surface area contributed by atoms with Gasteiger partial charge in [-0.15, -0.1) is 24.0 Å². The van der Waals surface area contributed by atoms with E-state index in [9.17, 15) is 4.39 Å². The smallest absolute Gasteiger partial charge is 0.191 e. The lowest BCUT2D eigenvalue weighted by atomic mass is 9.64. The number of hydrogen-bond donors (Lipinski definition) is 2. The molecule has 3 rings (SSSR count). The van der Waals surface area contributed by atoms with Crippen molar-refractivity contribution in [3.63, 3.8) is 0 Å². The average molecular weight is 472 g/mol. The highest BCUT2D eigenvalue weighted by molar-refractivity contribution is 14.0. The molecule has 0 unspecified atom stereocenters. The molecule has 2 N–H and O–H groups in total. The molecule has 26 heavy (non-hydrogen) atoms. The molecule has 0 radical (unpaired) electrons. The minimum atomic E-state index is -0.190. The van der Waals surface area contributed by atoms with Crippen molar-refractivity contribution >= 4 is 29.9 Å². The van der Waals surface area contributed by atoms with Crippen LogP contribution in [0.3, 0.4) is 0 Å². The quantitative estimate of drug-likeness (QED) is 0.386. The molecule has 8 heteroatoms. The molecule has 1 aliphatic carbocycles. The second kappa shape index (κ2) is 9.29. The van der Waals surface area contributed by atoms with E-state index in [1.54, 1.807) is 16.8 Å². The summed E-state index contributed by atoms with van der Waals surface area (Å²) in [4.78, 5) is 8.79. The fraction of sp³-hybridized carbons (Fsp3) is 0.500. The Morgan fingerprint density at radius 2 is 2.00 bits per heavy atom. The first-order chi connectivity index (χ1) is 12.1. The van der Waals surface area contributed by atoms with Gasteiger partial charge in [-0.25, -0.2) is 14.4 Å². The molecule has 1 heterocycles. The van der Waals surface area contributed by atoms with E-state index in [-0.39, 0.29) is 35.2 Å². The fourth-order valence-corrected chi connectivity index (χ4v) is 3.18. The third-order valence-corrected chi connectivity index (χ3v) is 4.89. The van der Waals surface area contributed by atoms with E-state index in [0.717, 1.165) is 37.7 Å². The Bertz CT molecular complexity index is 724. The summed E-state index contributed by atoms with van der Waals surface area (Å²) in [7, 11) is 1.86. The largest absolute Gasteiger partial charge is 0.357 e. The number of benzene rings is 1. The van der Waals surface area contributed by atoms with Crippen molar-refractivity contribution in [2.75, 3.05) is 13.1 Å². The van der Waals surface area contributed by atoms with Gasteiger partial charge in [-0.05, 0) is 37.5 Å². The Morgan fingerprint density at radius 1 is 1.27 bits per heavy atom. The molecule has 142 valence electrons. The molecule has 6 nitrogen and oxygen atoms in total. The predicted molar refractivity (Wildman–Crippen MR) is 111 cm³/mol. The normalized spacial score (nSPS) is 15.7. The summed E-state index contributed by atoms with van der Waals surface area (Å²) < 4.78 is 14.9. The lowest BCUT2D eigenvalue weighted by Crippen LogP contribution is -2.49. The van der Waals surface area contributed by atoms with E-state index in [1.807, 2.05) is 26.1 Å². The molecule has 0 spiro atoms. The van der Waals surface area contributed by atoms with E-state index in [2.05, 4.69) is 25.7 Å². The number of nitrogens with one attached hydrogen (secondary N) is 2. The van der Waals surface area contributed by atoms with E-state index < -0.39 is 0 Å². The van der Waals surface area contributed by atoms with Crippen molar-refractivity contribution in [3.05, 3.63) is 47.8 Å². The van der Waals surface area contributed by atoms with Crippen LogP contribution in [0.4, 0.5) is 4.39 Å². The molecule has 1 aliphatic rings. The minimum Gasteiger partial charge on any atom is -0.357 e. The van der Waals surface area contributed by atoms with Crippen LogP contribution >= 0.6 is 24.0 Å². The molecular weight excluding hydrogens is 446 g/mol. The van der Waals surface area contributed by atoms with Crippen LogP contribution in [0.2, 0.25) is 0 Å². The lowest BCUT2D eigenvalue weighted by Gasteiger charge is -2.43. The first kappa shape index (κ1) is 20.6. The summed E-state index contributed by atoms with van der Waals surface area (Å²) in [5.74, 6) is 1.39. The number of nitrogens with zero attached hydrogens (tertiary/aromatic N) is 4. The molecule has 1 aromatic heterocycles. The summed E-state index contributed by atoms with van der Waals surface area (Å²) in [6, 6.07) is 6.89. The zero-order valence-electron chi connectivity index (χ0n) is 15.2. The van der Waals surface area contributed by atoms with Crippen molar-refractivity contribution in [2.24, 2.45) is 12.0 Å². The summed E-state index contributed by atoms with van der Waals surface area (Å²) in [6.07, 6.45) is 4.94. The van der Waals surface area contributed by atoms with Gasteiger partial charge >= 0.3 is 0 Å². The van der Waals surface area contributed by atoms with Gasteiger partial charge < -0.3 is 10.6 Å². The van der Waals surface area contributed by atoms with E-state index in [0.29, 0.717) is 6.54 Å². The van der Waals surface area contributed by atoms with Crippen LogP contribution in [0.15, 0.2) is 35.6 Å². The van der Waals surface area contributed by atoms with Crippen LogP contribution in [0.5, 0.6) is 0 Å². The van der Waals surface area contributed by atoms with Crippen LogP contribution in [-0.2, 0) is 19.0 Å². The third kappa shape index (κ3) is 4.72. The maximum Gasteiger partial charge on any atom is 0.191 e. The highest BCUT2D eigenvalue weighted by atomic mass is 127. The number of rotatable bonds is 6. The first-order valence-electron chi connectivity index (χ1n) is 8.74. The minimum absolute atomic E-state index is 0. The van der Waals surface area contributed by atoms with Gasteiger partial charge in [0.1, 0.15) is 24.5 Å². The van der Waals surface area contributed by atoms with Crippen molar-refractivity contribution in [1.82, 2.24) is 25.4 Å². The van der Waals surface area contributed by atoms with E-state index >= 15 is 0 Å². The average Bonchev–Trinajstić information content (AvgIpc) is 2.98. The first-order valence-corrected chi connectivity index (χ1v) is 8.74.